The van der Waals surface area contributed by atoms with E-state index in [4.69, 9.17) is 4.74 Å². The molecule has 0 radical (unpaired) electrons. The summed E-state index contributed by atoms with van der Waals surface area (Å²) >= 11 is 0. The van der Waals surface area contributed by atoms with Gasteiger partial charge in [-0.25, -0.2) is 0 Å². The molecule has 0 unspecified atom stereocenters. The summed E-state index contributed by atoms with van der Waals surface area (Å²) in [5, 5.41) is 2.83. The number of carbonyl (C=O) groups excluding carboxylic acids is 2. The first kappa shape index (κ1) is 13.0. The number of carbonyl (C=O) groups is 2. The Morgan fingerprint density at radius 1 is 1.30 bits per heavy atom. The lowest BCUT2D eigenvalue weighted by Gasteiger charge is -2.18. The molecule has 2 amide bonds. The number of nitrogens with zero attached hydrogens (tertiary/aromatic N) is 1. The van der Waals surface area contributed by atoms with E-state index in [-0.39, 0.29) is 24.8 Å². The van der Waals surface area contributed by atoms with Gasteiger partial charge < -0.3 is 15.0 Å². The summed E-state index contributed by atoms with van der Waals surface area (Å²) in [5.41, 5.74) is 0.675. The quantitative estimate of drug-likeness (QED) is 0.892. The fourth-order valence-electron chi connectivity index (χ4n) is 2.65. The predicted molar refractivity (Wildman–Crippen MR) is 74.5 cm³/mol. The molecule has 0 aromatic heterocycles. The molecule has 1 N–H and O–H groups in total. The summed E-state index contributed by atoms with van der Waals surface area (Å²) in [6.07, 6.45) is 2.34. The summed E-state index contributed by atoms with van der Waals surface area (Å²) in [4.78, 5) is 26.1. The molecule has 0 saturated carbocycles. The number of fused-ring (bicyclic) bond motifs is 1. The third kappa shape index (κ3) is 2.61. The first-order chi connectivity index (χ1) is 9.74. The highest BCUT2D eigenvalue weighted by Crippen LogP contribution is 2.28. The number of hydrogen-bond acceptors (Lipinski definition) is 3. The van der Waals surface area contributed by atoms with Gasteiger partial charge in [-0.3, -0.25) is 9.59 Å². The number of amides is 2. The van der Waals surface area contributed by atoms with Crippen LogP contribution in [0.15, 0.2) is 24.3 Å². The van der Waals surface area contributed by atoms with Gasteiger partial charge in [0.2, 0.25) is 11.8 Å². The lowest BCUT2D eigenvalue weighted by molar-refractivity contribution is -0.134. The molecule has 1 aromatic rings. The summed E-state index contributed by atoms with van der Waals surface area (Å²) < 4.78 is 5.64. The van der Waals surface area contributed by atoms with Crippen molar-refractivity contribution in [3.05, 3.63) is 24.3 Å². The van der Waals surface area contributed by atoms with Crippen LogP contribution in [0.1, 0.15) is 19.3 Å². The number of nitrogens with one attached hydrogen (secondary N) is 1. The Kier molecular flexibility index (Phi) is 3.58. The molecular weight excluding hydrogens is 256 g/mol. The normalized spacial score (nSPS) is 21.7. The van der Waals surface area contributed by atoms with Crippen molar-refractivity contribution in [1.82, 2.24) is 4.90 Å². The zero-order chi connectivity index (χ0) is 13.9. The molecule has 1 aromatic carbocycles. The van der Waals surface area contributed by atoms with E-state index in [9.17, 15) is 9.59 Å². The summed E-state index contributed by atoms with van der Waals surface area (Å²) in [6.45, 7) is 1.88. The minimum atomic E-state index is -0.421. The van der Waals surface area contributed by atoms with Gasteiger partial charge in [0.1, 0.15) is 12.4 Å². The summed E-state index contributed by atoms with van der Waals surface area (Å²) in [5.74, 6) is 0.159. The van der Waals surface area contributed by atoms with Crippen LogP contribution < -0.4 is 10.1 Å². The molecule has 3 rings (SSSR count). The third-order valence-corrected chi connectivity index (χ3v) is 3.84. The van der Waals surface area contributed by atoms with E-state index in [0.717, 1.165) is 25.9 Å². The van der Waals surface area contributed by atoms with E-state index < -0.39 is 5.92 Å². The van der Waals surface area contributed by atoms with Gasteiger partial charge >= 0.3 is 0 Å². The van der Waals surface area contributed by atoms with Crippen molar-refractivity contribution in [1.29, 1.82) is 0 Å². The van der Waals surface area contributed by atoms with Crippen molar-refractivity contribution >= 4 is 17.5 Å². The van der Waals surface area contributed by atoms with Gasteiger partial charge in [0.05, 0.1) is 11.6 Å². The van der Waals surface area contributed by atoms with Gasteiger partial charge in [-0.1, -0.05) is 12.1 Å². The number of ether oxygens (including phenoxy) is 1. The minimum absolute atomic E-state index is 0.0530. The van der Waals surface area contributed by atoms with E-state index in [1.807, 2.05) is 23.1 Å². The van der Waals surface area contributed by atoms with E-state index >= 15 is 0 Å². The summed E-state index contributed by atoms with van der Waals surface area (Å²) in [7, 11) is 0. The molecular formula is C15H18N2O3. The van der Waals surface area contributed by atoms with Crippen LogP contribution in [0.5, 0.6) is 5.75 Å². The largest absolute Gasteiger partial charge is 0.491 e. The average Bonchev–Trinajstić information content (AvgIpc) is 2.93. The zero-order valence-corrected chi connectivity index (χ0v) is 11.3. The Hall–Kier alpha value is -2.04. The zero-order valence-electron chi connectivity index (χ0n) is 11.3. The monoisotopic (exact) mass is 274 g/mol. The molecule has 106 valence electrons. The maximum Gasteiger partial charge on any atom is 0.231 e. The Labute approximate surface area is 117 Å². The van der Waals surface area contributed by atoms with Crippen molar-refractivity contribution in [2.24, 2.45) is 5.92 Å². The minimum Gasteiger partial charge on any atom is -0.491 e. The van der Waals surface area contributed by atoms with Crippen molar-refractivity contribution < 1.29 is 14.3 Å². The molecule has 1 saturated heterocycles. The first-order valence-corrected chi connectivity index (χ1v) is 7.04. The lowest BCUT2D eigenvalue weighted by atomic mass is 10.1. The van der Waals surface area contributed by atoms with Gasteiger partial charge in [-0.2, -0.15) is 0 Å². The van der Waals surface area contributed by atoms with E-state index in [1.165, 1.54) is 0 Å². The predicted octanol–water partition coefficient (Wildman–Crippen LogP) is 1.65. The van der Waals surface area contributed by atoms with E-state index in [0.29, 0.717) is 11.4 Å². The van der Waals surface area contributed by atoms with E-state index in [2.05, 4.69) is 5.32 Å². The Morgan fingerprint density at radius 2 is 2.05 bits per heavy atom. The SMILES string of the molecule is O=C1Nc2ccccc2OC[C@@H]1CC(=O)N1CCCC1. The Morgan fingerprint density at radius 3 is 2.85 bits per heavy atom. The van der Waals surface area contributed by atoms with Crippen molar-refractivity contribution in [3.8, 4) is 5.75 Å². The van der Waals surface area contributed by atoms with Crippen LogP contribution in [-0.4, -0.2) is 36.4 Å². The second-order valence-corrected chi connectivity index (χ2v) is 5.29. The molecule has 0 bridgehead atoms. The highest BCUT2D eigenvalue weighted by molar-refractivity contribution is 5.97. The first-order valence-electron chi connectivity index (χ1n) is 7.04. The summed E-state index contributed by atoms with van der Waals surface area (Å²) in [6, 6.07) is 7.33. The van der Waals surface area contributed by atoms with Crippen molar-refractivity contribution in [2.75, 3.05) is 25.0 Å². The number of para-hydroxylation sites is 2. The lowest BCUT2D eigenvalue weighted by Crippen LogP contribution is -2.34. The number of likely N-dealkylation sites (tertiary alicyclic amines) is 1. The van der Waals surface area contributed by atoms with Gasteiger partial charge in [0.15, 0.2) is 0 Å². The molecule has 2 aliphatic rings. The number of hydrogen-bond donors (Lipinski definition) is 1. The highest BCUT2D eigenvalue weighted by Gasteiger charge is 2.29. The maximum absolute atomic E-state index is 12.2. The van der Waals surface area contributed by atoms with Gasteiger partial charge in [-0.15, -0.1) is 0 Å². The molecule has 2 heterocycles. The Bertz CT molecular complexity index is 524. The number of rotatable bonds is 2. The number of benzene rings is 1. The third-order valence-electron chi connectivity index (χ3n) is 3.84. The van der Waals surface area contributed by atoms with Crippen LogP contribution in [0.2, 0.25) is 0 Å². The smallest absolute Gasteiger partial charge is 0.231 e. The molecule has 1 atom stereocenters. The topological polar surface area (TPSA) is 58.6 Å². The molecule has 20 heavy (non-hydrogen) atoms. The number of anilines is 1. The van der Waals surface area contributed by atoms with Crippen LogP contribution in [-0.2, 0) is 9.59 Å². The van der Waals surface area contributed by atoms with Crippen LogP contribution in [0, 0.1) is 5.92 Å². The fourth-order valence-corrected chi connectivity index (χ4v) is 2.65. The van der Waals surface area contributed by atoms with Crippen LogP contribution in [0.4, 0.5) is 5.69 Å². The van der Waals surface area contributed by atoms with Crippen molar-refractivity contribution in [3.63, 3.8) is 0 Å². The van der Waals surface area contributed by atoms with Crippen LogP contribution in [0.25, 0.3) is 0 Å². The average molecular weight is 274 g/mol. The molecule has 0 aliphatic carbocycles. The van der Waals surface area contributed by atoms with Crippen LogP contribution in [0.3, 0.4) is 0 Å². The molecule has 5 heteroatoms. The fraction of sp³-hybridized carbons (Fsp3) is 0.467. The molecule has 2 aliphatic heterocycles. The second-order valence-electron chi connectivity index (χ2n) is 5.29. The van der Waals surface area contributed by atoms with Crippen LogP contribution >= 0.6 is 0 Å². The maximum atomic E-state index is 12.2. The van der Waals surface area contributed by atoms with E-state index in [1.54, 1.807) is 6.07 Å². The second kappa shape index (κ2) is 5.53. The highest BCUT2D eigenvalue weighted by atomic mass is 16.5. The van der Waals surface area contributed by atoms with Gasteiger partial charge in [0, 0.05) is 19.5 Å². The van der Waals surface area contributed by atoms with Gasteiger partial charge in [0.25, 0.3) is 0 Å². The van der Waals surface area contributed by atoms with Crippen molar-refractivity contribution in [2.45, 2.75) is 19.3 Å². The molecule has 0 spiro atoms. The Balaban J connectivity index is 1.67. The molecule has 5 nitrogen and oxygen atoms in total. The van der Waals surface area contributed by atoms with Gasteiger partial charge in [-0.05, 0) is 25.0 Å². The standard InChI is InChI=1S/C15H18N2O3/c18-14(17-7-3-4-8-17)9-11-10-20-13-6-2-1-5-12(13)16-15(11)19/h1-2,5-6,11H,3-4,7-10H2,(H,16,19)/t11-/m0/s1. The molecule has 1 fully saturated rings.